The van der Waals surface area contributed by atoms with Gasteiger partial charge in [-0.1, -0.05) is 24.3 Å². The number of H-pyrrole nitrogens is 1. The summed E-state index contributed by atoms with van der Waals surface area (Å²) in [5, 5.41) is 9.14. The lowest BCUT2D eigenvalue weighted by atomic mass is 9.98. The minimum Gasteiger partial charge on any atom is -0.462 e. The topological polar surface area (TPSA) is 86.2 Å². The van der Waals surface area contributed by atoms with Crippen LogP contribution in [0, 0.1) is 11.3 Å². The number of esters is 1. The molecule has 2 aromatic carbocycles. The van der Waals surface area contributed by atoms with Gasteiger partial charge in [0.05, 0.1) is 23.8 Å². The molecule has 0 saturated carbocycles. The van der Waals surface area contributed by atoms with Gasteiger partial charge in [-0.25, -0.2) is 4.79 Å². The molecule has 0 bridgehead atoms. The second-order valence-electron chi connectivity index (χ2n) is 7.45. The molecule has 3 rings (SSSR count). The van der Waals surface area contributed by atoms with Crippen LogP contribution in [0.5, 0.6) is 0 Å². The molecule has 1 aromatic heterocycles. The van der Waals surface area contributed by atoms with Gasteiger partial charge in [0, 0.05) is 38.0 Å². The van der Waals surface area contributed by atoms with Crippen LogP contribution in [0.4, 0.5) is 0 Å². The molecule has 0 radical (unpaired) electrons. The highest BCUT2D eigenvalue weighted by molar-refractivity contribution is 5.94. The fraction of sp³-hybridized carbons (Fsp3) is 0.240. The van der Waals surface area contributed by atoms with Gasteiger partial charge in [0.2, 0.25) is 0 Å². The molecule has 1 amide bonds. The predicted octanol–water partition coefficient (Wildman–Crippen LogP) is 3.95. The number of benzene rings is 2. The minimum absolute atomic E-state index is 0.0534. The van der Waals surface area contributed by atoms with Crippen LogP contribution in [0.1, 0.15) is 55.6 Å². The highest BCUT2D eigenvalue weighted by atomic mass is 16.5. The van der Waals surface area contributed by atoms with Crippen LogP contribution >= 0.6 is 0 Å². The molecule has 0 unspecified atom stereocenters. The molecule has 1 heterocycles. The fourth-order valence-electron chi connectivity index (χ4n) is 3.45. The predicted molar refractivity (Wildman–Crippen MR) is 118 cm³/mol. The van der Waals surface area contributed by atoms with Crippen LogP contribution in [0.2, 0.25) is 0 Å². The lowest BCUT2D eigenvalue weighted by molar-refractivity contribution is 0.0524. The Balaban J connectivity index is 1.89. The molecule has 3 aromatic rings. The Morgan fingerprint density at radius 1 is 1.06 bits per heavy atom. The number of nitrogens with zero attached hydrogens (tertiary/aromatic N) is 2. The molecule has 0 saturated heterocycles. The summed E-state index contributed by atoms with van der Waals surface area (Å²) in [6.45, 7) is 2.06. The zero-order chi connectivity index (χ0) is 22.4. The molecule has 0 spiro atoms. The number of aromatic amines is 1. The van der Waals surface area contributed by atoms with Crippen LogP contribution in [-0.4, -0.2) is 42.5 Å². The molecule has 0 aliphatic rings. The van der Waals surface area contributed by atoms with Crippen molar-refractivity contribution in [2.75, 3.05) is 20.7 Å². The number of nitriles is 1. The van der Waals surface area contributed by atoms with E-state index in [4.69, 9.17) is 10.00 Å². The van der Waals surface area contributed by atoms with E-state index < -0.39 is 0 Å². The van der Waals surface area contributed by atoms with Crippen molar-refractivity contribution < 1.29 is 14.3 Å². The normalized spacial score (nSPS) is 10.4. The summed E-state index contributed by atoms with van der Waals surface area (Å²) in [5.41, 5.74) is 5.22. The quantitative estimate of drug-likeness (QED) is 0.592. The summed E-state index contributed by atoms with van der Waals surface area (Å²) in [6, 6.07) is 16.8. The Hall–Kier alpha value is -3.85. The first-order valence-electron chi connectivity index (χ1n) is 10.1. The van der Waals surface area contributed by atoms with E-state index in [1.807, 2.05) is 36.5 Å². The number of aromatic nitrogens is 1. The number of nitrogens with one attached hydrogen (secondary N) is 1. The van der Waals surface area contributed by atoms with Gasteiger partial charge in [-0.05, 0) is 54.3 Å². The third kappa shape index (κ3) is 5.20. The Morgan fingerprint density at radius 2 is 1.81 bits per heavy atom. The van der Waals surface area contributed by atoms with Crippen molar-refractivity contribution in [3.05, 3.63) is 93.8 Å². The first-order valence-corrected chi connectivity index (χ1v) is 10.1. The van der Waals surface area contributed by atoms with Crippen molar-refractivity contribution in [2.45, 2.75) is 19.8 Å². The molecule has 0 aliphatic carbocycles. The summed E-state index contributed by atoms with van der Waals surface area (Å²) in [6.07, 6.45) is 2.84. The van der Waals surface area contributed by atoms with Crippen molar-refractivity contribution in [1.82, 2.24) is 9.88 Å². The van der Waals surface area contributed by atoms with Crippen LogP contribution < -0.4 is 0 Å². The van der Waals surface area contributed by atoms with Crippen molar-refractivity contribution >= 4 is 11.9 Å². The summed E-state index contributed by atoms with van der Waals surface area (Å²) < 4.78 is 5.30. The van der Waals surface area contributed by atoms with Gasteiger partial charge in [-0.3, -0.25) is 4.79 Å². The Bertz CT molecular complexity index is 1120. The molecular weight excluding hydrogens is 390 g/mol. The zero-order valence-corrected chi connectivity index (χ0v) is 17.9. The molecule has 158 valence electrons. The molecule has 6 nitrogen and oxygen atoms in total. The van der Waals surface area contributed by atoms with E-state index in [-0.39, 0.29) is 18.5 Å². The van der Waals surface area contributed by atoms with E-state index in [9.17, 15) is 9.59 Å². The summed E-state index contributed by atoms with van der Waals surface area (Å²) in [7, 11) is 3.44. The molecular formula is C25H25N3O3. The second-order valence-corrected chi connectivity index (χ2v) is 7.45. The van der Waals surface area contributed by atoms with Gasteiger partial charge in [0.25, 0.3) is 5.91 Å². The van der Waals surface area contributed by atoms with Crippen molar-refractivity contribution in [1.29, 1.82) is 5.26 Å². The van der Waals surface area contributed by atoms with Crippen molar-refractivity contribution in [2.24, 2.45) is 0 Å². The average Bonchev–Trinajstić information content (AvgIpc) is 3.16. The summed E-state index contributed by atoms with van der Waals surface area (Å²) in [5.74, 6) is -0.424. The van der Waals surface area contributed by atoms with Crippen molar-refractivity contribution in [3.63, 3.8) is 0 Å². The average molecular weight is 415 g/mol. The maximum Gasteiger partial charge on any atom is 0.340 e. The summed E-state index contributed by atoms with van der Waals surface area (Å²) >= 11 is 0. The van der Waals surface area contributed by atoms with Crippen molar-refractivity contribution in [3.8, 4) is 6.07 Å². The SMILES string of the molecule is CCOC(=O)c1c(Cc2ccc(C(=O)N(C)C)cc2)c[nH]c1Cc1cccc(C#N)c1. The minimum atomic E-state index is -0.371. The maximum absolute atomic E-state index is 12.7. The van der Waals surface area contributed by atoms with Gasteiger partial charge in [0.15, 0.2) is 0 Å². The number of hydrogen-bond acceptors (Lipinski definition) is 4. The molecule has 0 fully saturated rings. The number of carbonyl (C=O) groups excluding carboxylic acids is 2. The molecule has 1 N–H and O–H groups in total. The Morgan fingerprint density at radius 3 is 2.45 bits per heavy atom. The molecule has 0 atom stereocenters. The number of ether oxygens (including phenoxy) is 1. The number of rotatable bonds is 7. The fourth-order valence-corrected chi connectivity index (χ4v) is 3.45. The second kappa shape index (κ2) is 9.77. The molecule has 6 heteroatoms. The summed E-state index contributed by atoms with van der Waals surface area (Å²) in [4.78, 5) is 29.6. The van der Waals surface area contributed by atoms with Crippen LogP contribution in [0.15, 0.2) is 54.7 Å². The number of hydrogen-bond donors (Lipinski definition) is 1. The highest BCUT2D eigenvalue weighted by Crippen LogP contribution is 2.23. The van der Waals surface area contributed by atoms with Gasteiger partial charge in [-0.15, -0.1) is 0 Å². The van der Waals surface area contributed by atoms with E-state index in [1.165, 1.54) is 4.90 Å². The van der Waals surface area contributed by atoms with Gasteiger partial charge in [0.1, 0.15) is 0 Å². The van der Waals surface area contributed by atoms with Crippen LogP contribution in [0.25, 0.3) is 0 Å². The van der Waals surface area contributed by atoms with Gasteiger partial charge < -0.3 is 14.6 Å². The molecule has 0 aliphatic heterocycles. The largest absolute Gasteiger partial charge is 0.462 e. The van der Waals surface area contributed by atoms with E-state index in [0.29, 0.717) is 29.5 Å². The molecule has 31 heavy (non-hydrogen) atoms. The van der Waals surface area contributed by atoms with E-state index >= 15 is 0 Å². The highest BCUT2D eigenvalue weighted by Gasteiger charge is 2.20. The Labute approximate surface area is 182 Å². The standard InChI is InChI=1S/C25H25N3O3/c1-4-31-25(30)23-21(13-17-8-10-20(11-9-17)24(29)28(2)3)16-27-22(23)14-18-6-5-7-19(12-18)15-26/h5-12,16,27H,4,13-14H2,1-3H3. The third-order valence-corrected chi connectivity index (χ3v) is 4.96. The monoisotopic (exact) mass is 415 g/mol. The van der Waals surface area contributed by atoms with Crippen LogP contribution in [-0.2, 0) is 17.6 Å². The first kappa shape index (κ1) is 21.8. The maximum atomic E-state index is 12.7. The zero-order valence-electron chi connectivity index (χ0n) is 17.9. The first-order chi connectivity index (χ1) is 14.9. The van der Waals surface area contributed by atoms with E-state index in [0.717, 1.165) is 22.4 Å². The number of carbonyl (C=O) groups is 2. The van der Waals surface area contributed by atoms with E-state index in [2.05, 4.69) is 11.1 Å². The van der Waals surface area contributed by atoms with E-state index in [1.54, 1.807) is 39.2 Å². The lowest BCUT2D eigenvalue weighted by Crippen LogP contribution is -2.21. The smallest absolute Gasteiger partial charge is 0.340 e. The van der Waals surface area contributed by atoms with Crippen LogP contribution in [0.3, 0.4) is 0 Å². The lowest BCUT2D eigenvalue weighted by Gasteiger charge is -2.11. The Kier molecular flexibility index (Phi) is 6.88. The van der Waals surface area contributed by atoms with Gasteiger partial charge >= 0.3 is 5.97 Å². The number of amides is 1. The van der Waals surface area contributed by atoms with Gasteiger partial charge in [-0.2, -0.15) is 5.26 Å². The third-order valence-electron chi connectivity index (χ3n) is 4.96.